The van der Waals surface area contributed by atoms with Gasteiger partial charge in [-0.1, -0.05) is 0 Å². The minimum absolute atomic E-state index is 0.00286. The average molecular weight is 271 g/mol. The Morgan fingerprint density at radius 1 is 1.30 bits per heavy atom. The van der Waals surface area contributed by atoms with Gasteiger partial charge in [-0.25, -0.2) is 4.39 Å². The first-order chi connectivity index (χ1) is 9.54. The molecule has 0 bridgehead atoms. The number of ketones is 1. The number of hydrogen-bond acceptors (Lipinski definition) is 3. The first-order valence-electron chi connectivity index (χ1n) is 6.44. The summed E-state index contributed by atoms with van der Waals surface area (Å²) in [6.45, 7) is 1.97. The number of ether oxygens (including phenoxy) is 1. The van der Waals surface area contributed by atoms with E-state index in [2.05, 4.69) is 0 Å². The topological polar surface area (TPSA) is 52.3 Å². The monoisotopic (exact) mass is 271 g/mol. The summed E-state index contributed by atoms with van der Waals surface area (Å²) in [6, 6.07) is 9.19. The van der Waals surface area contributed by atoms with Crippen LogP contribution in [0.2, 0.25) is 0 Å². The Kier molecular flexibility index (Phi) is 2.93. The molecule has 0 amide bonds. The van der Waals surface area contributed by atoms with Crippen LogP contribution in [0.5, 0.6) is 5.75 Å². The number of halogens is 1. The Morgan fingerprint density at radius 3 is 2.90 bits per heavy atom. The number of carbonyl (C=O) groups excluding carboxylic acids is 1. The second kappa shape index (κ2) is 4.63. The highest BCUT2D eigenvalue weighted by molar-refractivity contribution is 6.09. The molecule has 0 aromatic heterocycles. The normalized spacial score (nSPS) is 16.6. The average Bonchev–Trinajstić information content (AvgIpc) is 2.79. The van der Waals surface area contributed by atoms with Crippen LogP contribution in [0.15, 0.2) is 36.4 Å². The summed E-state index contributed by atoms with van der Waals surface area (Å²) in [4.78, 5) is 12.4. The lowest BCUT2D eigenvalue weighted by atomic mass is 9.99. The standard InChI is InChI=1S/C16H14FNO2/c1-9-6-11-7-10(2-5-15(11)20-9)16(19)13-8-12(18)3-4-14(13)17/h2-5,7-9H,6,18H2,1H3. The number of benzene rings is 2. The third kappa shape index (κ3) is 2.13. The van der Waals surface area contributed by atoms with Crippen molar-refractivity contribution in [1.82, 2.24) is 0 Å². The molecule has 1 aliphatic rings. The van der Waals surface area contributed by atoms with Crippen molar-refractivity contribution in [3.8, 4) is 5.75 Å². The minimum atomic E-state index is -0.561. The molecule has 0 saturated heterocycles. The fourth-order valence-corrected chi connectivity index (χ4v) is 2.44. The summed E-state index contributed by atoms with van der Waals surface area (Å²) in [5.41, 5.74) is 7.41. The predicted octanol–water partition coefficient (Wildman–Crippen LogP) is 2.96. The zero-order valence-electron chi connectivity index (χ0n) is 11.0. The van der Waals surface area contributed by atoms with Gasteiger partial charge in [-0.15, -0.1) is 0 Å². The van der Waals surface area contributed by atoms with Gasteiger partial charge in [0.25, 0.3) is 0 Å². The second-order valence-electron chi connectivity index (χ2n) is 5.02. The third-order valence-corrected chi connectivity index (χ3v) is 3.39. The van der Waals surface area contributed by atoms with E-state index in [4.69, 9.17) is 10.5 Å². The van der Waals surface area contributed by atoms with Crippen LogP contribution in [0, 0.1) is 5.82 Å². The van der Waals surface area contributed by atoms with Crippen molar-refractivity contribution in [2.24, 2.45) is 0 Å². The molecule has 3 rings (SSSR count). The first kappa shape index (κ1) is 12.7. The lowest BCUT2D eigenvalue weighted by Gasteiger charge is -2.06. The molecule has 2 aromatic carbocycles. The van der Waals surface area contributed by atoms with Crippen LogP contribution in [-0.4, -0.2) is 11.9 Å². The van der Waals surface area contributed by atoms with E-state index >= 15 is 0 Å². The summed E-state index contributed by atoms with van der Waals surface area (Å²) in [5.74, 6) is -0.131. The molecule has 1 aliphatic heterocycles. The molecule has 3 nitrogen and oxygen atoms in total. The summed E-state index contributed by atoms with van der Waals surface area (Å²) in [7, 11) is 0. The molecule has 20 heavy (non-hydrogen) atoms. The fraction of sp³-hybridized carbons (Fsp3) is 0.188. The Hall–Kier alpha value is -2.36. The van der Waals surface area contributed by atoms with E-state index in [0.717, 1.165) is 17.7 Å². The molecule has 4 heteroatoms. The minimum Gasteiger partial charge on any atom is -0.490 e. The van der Waals surface area contributed by atoms with Gasteiger partial charge in [-0.3, -0.25) is 4.79 Å². The zero-order valence-corrected chi connectivity index (χ0v) is 11.0. The number of fused-ring (bicyclic) bond motifs is 1. The molecule has 0 radical (unpaired) electrons. The zero-order chi connectivity index (χ0) is 14.3. The summed E-state index contributed by atoms with van der Waals surface area (Å²) in [6.07, 6.45) is 0.870. The lowest BCUT2D eigenvalue weighted by molar-refractivity contribution is 0.103. The van der Waals surface area contributed by atoms with Crippen LogP contribution in [0.25, 0.3) is 0 Å². The number of anilines is 1. The van der Waals surface area contributed by atoms with Crippen molar-refractivity contribution in [3.05, 3.63) is 58.9 Å². The van der Waals surface area contributed by atoms with Crippen molar-refractivity contribution in [3.63, 3.8) is 0 Å². The predicted molar refractivity (Wildman–Crippen MR) is 74.5 cm³/mol. The van der Waals surface area contributed by atoms with Crippen molar-refractivity contribution >= 4 is 11.5 Å². The highest BCUT2D eigenvalue weighted by Crippen LogP contribution is 2.30. The Balaban J connectivity index is 1.99. The number of carbonyl (C=O) groups is 1. The van der Waals surface area contributed by atoms with E-state index in [0.29, 0.717) is 11.3 Å². The molecule has 1 unspecified atom stereocenters. The van der Waals surface area contributed by atoms with E-state index in [1.54, 1.807) is 18.2 Å². The van der Waals surface area contributed by atoms with Gasteiger partial charge >= 0.3 is 0 Å². The molecule has 2 N–H and O–H groups in total. The molecule has 0 spiro atoms. The molecule has 2 aromatic rings. The van der Waals surface area contributed by atoms with Gasteiger partial charge in [0.1, 0.15) is 17.7 Å². The second-order valence-corrected chi connectivity index (χ2v) is 5.02. The van der Waals surface area contributed by atoms with Gasteiger partial charge in [0, 0.05) is 17.7 Å². The van der Waals surface area contributed by atoms with Crippen molar-refractivity contribution in [2.45, 2.75) is 19.4 Å². The molecular formula is C16H14FNO2. The van der Waals surface area contributed by atoms with Crippen molar-refractivity contribution < 1.29 is 13.9 Å². The third-order valence-electron chi connectivity index (χ3n) is 3.39. The first-order valence-corrected chi connectivity index (χ1v) is 6.44. The molecule has 1 heterocycles. The van der Waals surface area contributed by atoms with Crippen molar-refractivity contribution in [1.29, 1.82) is 0 Å². The van der Waals surface area contributed by atoms with Crippen molar-refractivity contribution in [2.75, 3.05) is 5.73 Å². The van der Waals surface area contributed by atoms with Gasteiger partial charge in [-0.2, -0.15) is 0 Å². The molecule has 0 saturated carbocycles. The van der Waals surface area contributed by atoms with Gasteiger partial charge in [0.2, 0.25) is 0 Å². The van der Waals surface area contributed by atoms with E-state index in [9.17, 15) is 9.18 Å². The van der Waals surface area contributed by atoms with Crippen LogP contribution in [0.1, 0.15) is 28.4 Å². The van der Waals surface area contributed by atoms with Gasteiger partial charge < -0.3 is 10.5 Å². The van der Waals surface area contributed by atoms with Gasteiger partial charge in [-0.05, 0) is 48.9 Å². The summed E-state index contributed by atoms with van der Waals surface area (Å²) >= 11 is 0. The molecule has 0 aliphatic carbocycles. The highest BCUT2D eigenvalue weighted by Gasteiger charge is 2.21. The maximum Gasteiger partial charge on any atom is 0.196 e. The largest absolute Gasteiger partial charge is 0.490 e. The summed E-state index contributed by atoms with van der Waals surface area (Å²) in [5, 5.41) is 0. The van der Waals surface area contributed by atoms with Crippen LogP contribution in [0.3, 0.4) is 0 Å². The molecule has 102 valence electrons. The fourth-order valence-electron chi connectivity index (χ4n) is 2.44. The van der Waals surface area contributed by atoms with E-state index < -0.39 is 5.82 Å². The van der Waals surface area contributed by atoms with Crippen LogP contribution < -0.4 is 10.5 Å². The number of hydrogen-bond donors (Lipinski definition) is 1. The van der Waals surface area contributed by atoms with Crippen LogP contribution in [0.4, 0.5) is 10.1 Å². The Labute approximate surface area is 116 Å². The highest BCUT2D eigenvalue weighted by atomic mass is 19.1. The smallest absolute Gasteiger partial charge is 0.196 e. The van der Waals surface area contributed by atoms with Crippen LogP contribution in [-0.2, 0) is 6.42 Å². The number of nitrogen functional groups attached to an aromatic ring is 1. The van der Waals surface area contributed by atoms with E-state index in [-0.39, 0.29) is 17.5 Å². The Bertz CT molecular complexity index is 697. The maximum atomic E-state index is 13.7. The number of nitrogens with two attached hydrogens (primary N) is 1. The summed E-state index contributed by atoms with van der Waals surface area (Å²) < 4.78 is 19.3. The van der Waals surface area contributed by atoms with Gasteiger partial charge in [0.05, 0.1) is 5.56 Å². The quantitative estimate of drug-likeness (QED) is 0.675. The molecule has 1 atom stereocenters. The van der Waals surface area contributed by atoms with E-state index in [1.807, 2.05) is 6.92 Å². The maximum absolute atomic E-state index is 13.7. The lowest BCUT2D eigenvalue weighted by Crippen LogP contribution is -2.06. The van der Waals surface area contributed by atoms with Crippen LogP contribution >= 0.6 is 0 Å². The van der Waals surface area contributed by atoms with Gasteiger partial charge in [0.15, 0.2) is 5.78 Å². The SMILES string of the molecule is CC1Cc2cc(C(=O)c3cc(N)ccc3F)ccc2O1. The molecular weight excluding hydrogens is 257 g/mol. The Morgan fingerprint density at radius 2 is 2.10 bits per heavy atom. The molecule has 0 fully saturated rings. The van der Waals surface area contributed by atoms with E-state index in [1.165, 1.54) is 18.2 Å². The number of rotatable bonds is 2.